The van der Waals surface area contributed by atoms with Crippen molar-refractivity contribution in [2.75, 3.05) is 0 Å². The Morgan fingerprint density at radius 3 is 2.14 bits per heavy atom. The van der Waals surface area contributed by atoms with Crippen LogP contribution in [0.2, 0.25) is 0 Å². The summed E-state index contributed by atoms with van der Waals surface area (Å²) in [6.45, 7) is 0. The summed E-state index contributed by atoms with van der Waals surface area (Å²) in [6, 6.07) is 9.07. The van der Waals surface area contributed by atoms with E-state index in [4.69, 9.17) is 0 Å². The Kier molecular flexibility index (Phi) is 3.77. The van der Waals surface area contributed by atoms with Crippen LogP contribution >= 0.6 is 0 Å². The van der Waals surface area contributed by atoms with Gasteiger partial charge in [0.2, 0.25) is 12.2 Å². The molecule has 0 aliphatic carbocycles. The Balaban J connectivity index is 3.05. The lowest BCUT2D eigenvalue weighted by Crippen LogP contribution is -1.74. The highest BCUT2D eigenvalue weighted by Crippen LogP contribution is 2.07. The fourth-order valence-electron chi connectivity index (χ4n) is 0.881. The molecule has 0 aliphatic heterocycles. The summed E-state index contributed by atoms with van der Waals surface area (Å²) in [5.41, 5.74) is 0.792. The van der Waals surface area contributed by atoms with Crippen LogP contribution < -0.4 is 0 Å². The van der Waals surface area contributed by atoms with Crippen LogP contribution in [0.3, 0.4) is 0 Å². The fraction of sp³-hybridized carbons (Fsp3) is 0. The minimum Gasteiger partial charge on any atom is -0.211 e. The van der Waals surface area contributed by atoms with E-state index >= 15 is 0 Å². The molecular weight excluding hydrogens is 180 g/mol. The summed E-state index contributed by atoms with van der Waals surface area (Å²) < 4.78 is 0. The van der Waals surface area contributed by atoms with Gasteiger partial charge < -0.3 is 0 Å². The van der Waals surface area contributed by atoms with E-state index in [9.17, 15) is 9.59 Å². The minimum absolute atomic E-state index is 0.0128. The first kappa shape index (κ1) is 9.81. The van der Waals surface area contributed by atoms with Crippen LogP contribution in [0.5, 0.6) is 0 Å². The maximum atomic E-state index is 9.96. The van der Waals surface area contributed by atoms with E-state index in [2.05, 4.69) is 9.98 Å². The molecule has 0 aromatic heterocycles. The van der Waals surface area contributed by atoms with Crippen LogP contribution in [0.4, 0.5) is 0 Å². The van der Waals surface area contributed by atoms with Crippen LogP contribution in [0, 0.1) is 0 Å². The van der Waals surface area contributed by atoms with Crippen molar-refractivity contribution < 1.29 is 9.59 Å². The number of rotatable bonds is 3. The molecule has 0 N–H and O–H groups in total. The molecule has 1 aromatic carbocycles. The third kappa shape index (κ3) is 2.99. The molecule has 0 saturated heterocycles. The molecule has 0 saturated carbocycles. The lowest BCUT2D eigenvalue weighted by Gasteiger charge is -1.90. The van der Waals surface area contributed by atoms with Gasteiger partial charge in [-0.05, 0) is 11.6 Å². The third-order valence-electron chi connectivity index (χ3n) is 1.42. The van der Waals surface area contributed by atoms with Gasteiger partial charge in [-0.1, -0.05) is 30.3 Å². The number of nitrogens with zero attached hydrogens (tertiary/aromatic N) is 2. The Morgan fingerprint density at radius 2 is 1.64 bits per heavy atom. The van der Waals surface area contributed by atoms with Gasteiger partial charge in [0, 0.05) is 0 Å². The van der Waals surface area contributed by atoms with Gasteiger partial charge in [0.1, 0.15) is 0 Å². The van der Waals surface area contributed by atoms with Crippen molar-refractivity contribution in [3.8, 4) is 0 Å². The first-order valence-corrected chi connectivity index (χ1v) is 3.79. The van der Waals surface area contributed by atoms with Gasteiger partial charge in [0.25, 0.3) is 0 Å². The van der Waals surface area contributed by atoms with Gasteiger partial charge in [-0.2, -0.15) is 0 Å². The molecule has 1 aromatic rings. The number of carbonyl (C=O) groups excluding carboxylic acids is 2. The second-order valence-corrected chi connectivity index (χ2v) is 2.32. The first-order chi connectivity index (χ1) is 6.86. The smallest absolute Gasteiger partial charge is 0.211 e. The van der Waals surface area contributed by atoms with Crippen molar-refractivity contribution in [1.82, 2.24) is 0 Å². The van der Waals surface area contributed by atoms with E-state index < -0.39 is 0 Å². The highest BCUT2D eigenvalue weighted by atomic mass is 16.1. The summed E-state index contributed by atoms with van der Waals surface area (Å²) in [6.07, 6.45) is 4.10. The lowest BCUT2D eigenvalue weighted by atomic mass is 10.2. The molecule has 0 atom stereocenters. The normalized spacial score (nSPS) is 8.00. The molecule has 0 amide bonds. The first-order valence-electron chi connectivity index (χ1n) is 3.79. The molecule has 68 valence electrons. The van der Waals surface area contributed by atoms with Gasteiger partial charge in [-0.25, -0.2) is 9.59 Å². The van der Waals surface area contributed by atoms with Crippen molar-refractivity contribution in [2.45, 2.75) is 0 Å². The molecule has 0 fully saturated rings. The van der Waals surface area contributed by atoms with Crippen LogP contribution in [-0.2, 0) is 9.59 Å². The van der Waals surface area contributed by atoms with Crippen LogP contribution in [0.25, 0.3) is 6.08 Å². The summed E-state index contributed by atoms with van der Waals surface area (Å²) in [4.78, 5) is 26.4. The molecule has 0 spiro atoms. The Labute approximate surface area is 80.3 Å². The molecule has 0 radical (unpaired) electrons. The Bertz CT molecular complexity index is 405. The van der Waals surface area contributed by atoms with E-state index in [-0.39, 0.29) is 5.82 Å². The van der Waals surface area contributed by atoms with Crippen molar-refractivity contribution in [2.24, 2.45) is 9.98 Å². The van der Waals surface area contributed by atoms with Gasteiger partial charge >= 0.3 is 0 Å². The summed E-state index contributed by atoms with van der Waals surface area (Å²) in [5, 5.41) is 0. The zero-order valence-corrected chi connectivity index (χ0v) is 7.18. The number of benzene rings is 1. The van der Waals surface area contributed by atoms with Crippen LogP contribution in [0.15, 0.2) is 46.1 Å². The predicted octanol–water partition coefficient (Wildman–Crippen LogP) is 1.66. The minimum atomic E-state index is -0.0128. The highest BCUT2D eigenvalue weighted by Gasteiger charge is 1.91. The zero-order chi connectivity index (χ0) is 10.2. The standard InChI is InChI=1S/C10H6N2O2/c13-7-11-10(12-8-14)6-9-4-2-1-3-5-9/h1-6H. The van der Waals surface area contributed by atoms with Crippen LogP contribution in [-0.4, -0.2) is 12.2 Å². The SMILES string of the molecule is O=C=NC(=Cc1ccccc1)N=C=O. The summed E-state index contributed by atoms with van der Waals surface area (Å²) in [7, 11) is 0. The molecular formula is C10H6N2O2. The molecule has 0 unspecified atom stereocenters. The molecule has 14 heavy (non-hydrogen) atoms. The summed E-state index contributed by atoms with van der Waals surface area (Å²) in [5.74, 6) is -0.0128. The number of isocyanates is 2. The maximum absolute atomic E-state index is 9.96. The van der Waals surface area contributed by atoms with Crippen molar-refractivity contribution >= 4 is 18.2 Å². The van der Waals surface area contributed by atoms with Crippen LogP contribution in [0.1, 0.15) is 5.56 Å². The van der Waals surface area contributed by atoms with Crippen molar-refractivity contribution in [1.29, 1.82) is 0 Å². The average molecular weight is 186 g/mol. The van der Waals surface area contributed by atoms with Gasteiger partial charge in [-0.15, -0.1) is 9.98 Å². The molecule has 0 bridgehead atoms. The second-order valence-electron chi connectivity index (χ2n) is 2.32. The second kappa shape index (κ2) is 5.38. The van der Waals surface area contributed by atoms with E-state index in [1.165, 1.54) is 18.2 Å². The molecule has 0 heterocycles. The van der Waals surface area contributed by atoms with Crippen molar-refractivity contribution in [3.05, 3.63) is 41.7 Å². The molecule has 0 aliphatic rings. The quantitative estimate of drug-likeness (QED) is 0.532. The van der Waals surface area contributed by atoms with E-state index in [0.29, 0.717) is 0 Å². The Morgan fingerprint density at radius 1 is 1.07 bits per heavy atom. The van der Waals surface area contributed by atoms with E-state index in [0.717, 1.165) is 5.56 Å². The third-order valence-corrected chi connectivity index (χ3v) is 1.42. The number of aliphatic imine (C=N–C) groups is 2. The van der Waals surface area contributed by atoms with E-state index in [1.54, 1.807) is 12.1 Å². The monoisotopic (exact) mass is 186 g/mol. The van der Waals surface area contributed by atoms with Gasteiger partial charge in [-0.3, -0.25) is 0 Å². The van der Waals surface area contributed by atoms with Gasteiger partial charge in [0.15, 0.2) is 5.82 Å². The fourth-order valence-corrected chi connectivity index (χ4v) is 0.881. The molecule has 1 rings (SSSR count). The van der Waals surface area contributed by atoms with Gasteiger partial charge in [0.05, 0.1) is 0 Å². The van der Waals surface area contributed by atoms with E-state index in [1.807, 2.05) is 18.2 Å². The molecule has 4 heteroatoms. The largest absolute Gasteiger partial charge is 0.242 e. The zero-order valence-electron chi connectivity index (χ0n) is 7.18. The molecule has 4 nitrogen and oxygen atoms in total. The maximum Gasteiger partial charge on any atom is 0.242 e. The number of hydrogen-bond donors (Lipinski definition) is 0. The average Bonchev–Trinajstić information content (AvgIpc) is 2.20. The Hall–Kier alpha value is -2.28. The lowest BCUT2D eigenvalue weighted by molar-refractivity contribution is 0.563. The predicted molar refractivity (Wildman–Crippen MR) is 50.7 cm³/mol. The number of hydrogen-bond acceptors (Lipinski definition) is 4. The topological polar surface area (TPSA) is 58.9 Å². The highest BCUT2D eigenvalue weighted by molar-refractivity contribution is 5.56. The summed E-state index contributed by atoms with van der Waals surface area (Å²) >= 11 is 0. The van der Waals surface area contributed by atoms with Crippen molar-refractivity contribution in [3.63, 3.8) is 0 Å².